The third-order valence-corrected chi connectivity index (χ3v) is 3.21. The van der Waals surface area contributed by atoms with Crippen LogP contribution < -0.4 is 20.1 Å². The number of methoxy groups -OCH3 is 2. The number of carbonyl (C=O) groups is 1. The van der Waals surface area contributed by atoms with Crippen LogP contribution in [0.3, 0.4) is 0 Å². The van der Waals surface area contributed by atoms with Crippen LogP contribution in [-0.2, 0) is 11.2 Å². The molecule has 0 aliphatic carbocycles. The summed E-state index contributed by atoms with van der Waals surface area (Å²) < 4.78 is 10.6. The van der Waals surface area contributed by atoms with E-state index in [9.17, 15) is 4.79 Å². The van der Waals surface area contributed by atoms with Gasteiger partial charge in [0.25, 0.3) is 0 Å². The van der Waals surface area contributed by atoms with Gasteiger partial charge in [-0.1, -0.05) is 0 Å². The predicted octanol–water partition coefficient (Wildman–Crippen LogP) is 0.637. The molecule has 1 aromatic carbocycles. The lowest BCUT2D eigenvalue weighted by molar-refractivity contribution is -0.122. The second kappa shape index (κ2) is 5.27. The molecule has 1 aliphatic rings. The second-order valence-electron chi connectivity index (χ2n) is 4.16. The van der Waals surface area contributed by atoms with Crippen LogP contribution in [0.5, 0.6) is 11.5 Å². The molecular formula is C13H18N2O3. The minimum Gasteiger partial charge on any atom is -0.493 e. The predicted molar refractivity (Wildman–Crippen MR) is 68.1 cm³/mol. The van der Waals surface area contributed by atoms with Crippen molar-refractivity contribution in [3.63, 3.8) is 0 Å². The highest BCUT2D eigenvalue weighted by molar-refractivity contribution is 5.84. The molecule has 0 bridgehead atoms. The van der Waals surface area contributed by atoms with Gasteiger partial charge in [0.15, 0.2) is 11.5 Å². The molecule has 5 heteroatoms. The van der Waals surface area contributed by atoms with Crippen molar-refractivity contribution >= 4 is 5.91 Å². The van der Waals surface area contributed by atoms with Crippen LogP contribution in [-0.4, -0.2) is 33.7 Å². The maximum absolute atomic E-state index is 11.8. The zero-order valence-electron chi connectivity index (χ0n) is 10.9. The summed E-state index contributed by atoms with van der Waals surface area (Å²) in [5.41, 5.74) is 2.08. The summed E-state index contributed by atoms with van der Waals surface area (Å²) in [6, 6.07) is 3.50. The molecule has 0 radical (unpaired) electrons. The van der Waals surface area contributed by atoms with E-state index >= 15 is 0 Å². The summed E-state index contributed by atoms with van der Waals surface area (Å²) in [6.45, 7) is 0.778. The highest BCUT2D eigenvalue weighted by atomic mass is 16.5. The van der Waals surface area contributed by atoms with E-state index in [1.54, 1.807) is 21.3 Å². The fourth-order valence-electron chi connectivity index (χ4n) is 2.26. The number of ether oxygens (including phenoxy) is 2. The topological polar surface area (TPSA) is 59.6 Å². The molecule has 1 unspecified atom stereocenters. The Morgan fingerprint density at radius 1 is 1.33 bits per heavy atom. The highest BCUT2D eigenvalue weighted by Crippen LogP contribution is 2.35. The lowest BCUT2D eigenvalue weighted by atomic mass is 9.93. The van der Waals surface area contributed by atoms with Gasteiger partial charge < -0.3 is 20.1 Å². The van der Waals surface area contributed by atoms with Gasteiger partial charge in [0.1, 0.15) is 6.04 Å². The van der Waals surface area contributed by atoms with E-state index in [4.69, 9.17) is 9.47 Å². The number of amides is 1. The minimum atomic E-state index is -0.321. The average molecular weight is 250 g/mol. The molecule has 0 fully saturated rings. The molecule has 0 spiro atoms. The summed E-state index contributed by atoms with van der Waals surface area (Å²) in [5.74, 6) is 1.31. The zero-order chi connectivity index (χ0) is 13.1. The van der Waals surface area contributed by atoms with Gasteiger partial charge in [-0.3, -0.25) is 4.79 Å². The molecule has 98 valence electrons. The van der Waals surface area contributed by atoms with Gasteiger partial charge in [-0.2, -0.15) is 0 Å². The smallest absolute Gasteiger partial charge is 0.241 e. The minimum absolute atomic E-state index is 0.0387. The number of fused-ring (bicyclic) bond motifs is 1. The van der Waals surface area contributed by atoms with Crippen molar-refractivity contribution in [3.8, 4) is 11.5 Å². The number of hydrogen-bond donors (Lipinski definition) is 2. The van der Waals surface area contributed by atoms with E-state index in [-0.39, 0.29) is 11.9 Å². The summed E-state index contributed by atoms with van der Waals surface area (Å²) in [4.78, 5) is 11.8. The Labute approximate surface area is 106 Å². The van der Waals surface area contributed by atoms with Crippen molar-refractivity contribution in [3.05, 3.63) is 23.3 Å². The molecule has 2 rings (SSSR count). The molecule has 0 saturated carbocycles. The molecule has 18 heavy (non-hydrogen) atoms. The summed E-state index contributed by atoms with van der Waals surface area (Å²) in [7, 11) is 4.84. The number of rotatable bonds is 3. The Morgan fingerprint density at radius 3 is 2.61 bits per heavy atom. The van der Waals surface area contributed by atoms with Gasteiger partial charge in [-0.05, 0) is 29.7 Å². The van der Waals surface area contributed by atoms with Gasteiger partial charge in [0.2, 0.25) is 5.91 Å². The quantitative estimate of drug-likeness (QED) is 0.826. The molecule has 5 nitrogen and oxygen atoms in total. The van der Waals surface area contributed by atoms with Gasteiger partial charge in [0, 0.05) is 13.6 Å². The van der Waals surface area contributed by atoms with Gasteiger partial charge in [-0.25, -0.2) is 0 Å². The van der Waals surface area contributed by atoms with Crippen LogP contribution in [0.1, 0.15) is 17.2 Å². The normalized spacial score (nSPS) is 17.8. The number of likely N-dealkylation sites (N-methyl/N-ethyl adjacent to an activating group) is 1. The Kier molecular flexibility index (Phi) is 3.72. The molecular weight excluding hydrogens is 232 g/mol. The van der Waals surface area contributed by atoms with Crippen molar-refractivity contribution in [2.75, 3.05) is 27.8 Å². The number of benzene rings is 1. The SMILES string of the molecule is CNC(=O)C1NCCc2cc(OC)c(OC)cc21. The number of nitrogens with one attached hydrogen (secondary N) is 2. The van der Waals surface area contributed by atoms with Crippen LogP contribution in [0.25, 0.3) is 0 Å². The number of carbonyl (C=O) groups excluding carboxylic acids is 1. The van der Waals surface area contributed by atoms with Crippen molar-refractivity contribution in [1.82, 2.24) is 10.6 Å². The fraction of sp³-hybridized carbons (Fsp3) is 0.462. The summed E-state index contributed by atoms with van der Waals surface area (Å²) >= 11 is 0. The first kappa shape index (κ1) is 12.7. The van der Waals surface area contributed by atoms with E-state index in [1.165, 1.54) is 0 Å². The van der Waals surface area contributed by atoms with Crippen LogP contribution in [0.2, 0.25) is 0 Å². The number of hydrogen-bond acceptors (Lipinski definition) is 4. The maximum Gasteiger partial charge on any atom is 0.241 e. The first-order valence-corrected chi connectivity index (χ1v) is 5.91. The van der Waals surface area contributed by atoms with Gasteiger partial charge in [-0.15, -0.1) is 0 Å². The third kappa shape index (κ3) is 2.13. The molecule has 1 aliphatic heterocycles. The van der Waals surface area contributed by atoms with E-state index in [1.807, 2.05) is 12.1 Å². The van der Waals surface area contributed by atoms with Crippen molar-refractivity contribution in [1.29, 1.82) is 0 Å². The lowest BCUT2D eigenvalue weighted by Gasteiger charge is -2.26. The average Bonchev–Trinajstić information content (AvgIpc) is 2.44. The van der Waals surface area contributed by atoms with Crippen molar-refractivity contribution in [2.24, 2.45) is 0 Å². The molecule has 1 atom stereocenters. The lowest BCUT2D eigenvalue weighted by Crippen LogP contribution is -2.40. The van der Waals surface area contributed by atoms with E-state index < -0.39 is 0 Å². The van der Waals surface area contributed by atoms with Crippen molar-refractivity contribution < 1.29 is 14.3 Å². The summed E-state index contributed by atoms with van der Waals surface area (Å²) in [6.07, 6.45) is 0.878. The van der Waals surface area contributed by atoms with Gasteiger partial charge in [0.05, 0.1) is 14.2 Å². The van der Waals surface area contributed by atoms with Crippen LogP contribution >= 0.6 is 0 Å². The molecule has 2 N–H and O–H groups in total. The van der Waals surface area contributed by atoms with Crippen molar-refractivity contribution in [2.45, 2.75) is 12.5 Å². The Bertz CT molecular complexity index is 460. The molecule has 1 heterocycles. The fourth-order valence-corrected chi connectivity index (χ4v) is 2.26. The van der Waals surface area contributed by atoms with E-state index in [2.05, 4.69) is 10.6 Å². The first-order valence-electron chi connectivity index (χ1n) is 5.91. The van der Waals surface area contributed by atoms with Gasteiger partial charge >= 0.3 is 0 Å². The Morgan fingerprint density at radius 2 is 2.00 bits per heavy atom. The van der Waals surface area contributed by atoms with Crippen LogP contribution in [0.4, 0.5) is 0 Å². The Hall–Kier alpha value is -1.75. The third-order valence-electron chi connectivity index (χ3n) is 3.21. The van der Waals surface area contributed by atoms with Crippen LogP contribution in [0, 0.1) is 0 Å². The van der Waals surface area contributed by atoms with E-state index in [0.29, 0.717) is 11.5 Å². The molecule has 1 aromatic rings. The monoisotopic (exact) mass is 250 g/mol. The van der Waals surface area contributed by atoms with E-state index in [0.717, 1.165) is 24.1 Å². The molecule has 0 aromatic heterocycles. The molecule has 1 amide bonds. The standard InChI is InChI=1S/C13H18N2O3/c1-14-13(16)12-9-7-11(18-3)10(17-2)6-8(9)4-5-15-12/h6-7,12,15H,4-5H2,1-3H3,(H,14,16). The zero-order valence-corrected chi connectivity index (χ0v) is 10.9. The summed E-state index contributed by atoms with van der Waals surface area (Å²) in [5, 5.41) is 5.87. The first-order chi connectivity index (χ1) is 8.71. The van der Waals surface area contributed by atoms with Crippen LogP contribution in [0.15, 0.2) is 12.1 Å². The maximum atomic E-state index is 11.8. The molecule has 0 saturated heterocycles. The highest BCUT2D eigenvalue weighted by Gasteiger charge is 2.27. The Balaban J connectivity index is 2.46. The second-order valence-corrected chi connectivity index (χ2v) is 4.16. The largest absolute Gasteiger partial charge is 0.493 e.